The van der Waals surface area contributed by atoms with E-state index in [2.05, 4.69) is 27.2 Å². The first-order valence-corrected chi connectivity index (χ1v) is 10.8. The van der Waals surface area contributed by atoms with Crippen molar-refractivity contribution in [3.05, 3.63) is 71.6 Å². The molecule has 3 aromatic rings. The molecular formula is C25H24FN5O3. The monoisotopic (exact) mass is 461 g/mol. The van der Waals surface area contributed by atoms with Crippen molar-refractivity contribution < 1.29 is 18.7 Å². The minimum Gasteiger partial charge on any atom is -0.489 e. The Hall–Kier alpha value is -4.19. The highest BCUT2D eigenvalue weighted by molar-refractivity contribution is 6.00. The molecule has 0 bridgehead atoms. The van der Waals surface area contributed by atoms with Crippen LogP contribution in [0.1, 0.15) is 30.7 Å². The van der Waals surface area contributed by atoms with Gasteiger partial charge in [-0.25, -0.2) is 9.78 Å². The van der Waals surface area contributed by atoms with Gasteiger partial charge in [0.05, 0.1) is 11.9 Å². The molecule has 0 saturated heterocycles. The number of nitrogens with one attached hydrogen (secondary N) is 1. The van der Waals surface area contributed by atoms with E-state index in [-0.39, 0.29) is 18.4 Å². The van der Waals surface area contributed by atoms with Crippen LogP contribution in [0.25, 0.3) is 0 Å². The fraction of sp³-hybridized carbons (Fsp3) is 0.280. The molecule has 0 fully saturated rings. The molecule has 1 unspecified atom stereocenters. The summed E-state index contributed by atoms with van der Waals surface area (Å²) in [6.45, 7) is 3.98. The van der Waals surface area contributed by atoms with E-state index in [0.717, 1.165) is 10.2 Å². The van der Waals surface area contributed by atoms with Crippen LogP contribution in [0.5, 0.6) is 5.75 Å². The molecule has 0 aliphatic carbocycles. The van der Waals surface area contributed by atoms with Crippen molar-refractivity contribution in [2.45, 2.75) is 26.3 Å². The summed E-state index contributed by atoms with van der Waals surface area (Å²) >= 11 is 0. The third-order valence-corrected chi connectivity index (χ3v) is 5.16. The highest BCUT2D eigenvalue weighted by Crippen LogP contribution is 2.31. The number of ether oxygens (including phenoxy) is 1. The third-order valence-electron chi connectivity index (χ3n) is 5.16. The summed E-state index contributed by atoms with van der Waals surface area (Å²) in [4.78, 5) is 31.1. The lowest BCUT2D eigenvalue weighted by atomic mass is 10.1. The summed E-state index contributed by atoms with van der Waals surface area (Å²) in [7, 11) is 1.63. The number of hydrogen-bond donors (Lipinski definition) is 1. The fourth-order valence-corrected chi connectivity index (χ4v) is 3.44. The van der Waals surface area contributed by atoms with Crippen LogP contribution in [-0.4, -0.2) is 46.4 Å². The number of nitrogens with zero attached hydrogens (tertiary/aromatic N) is 4. The minimum absolute atomic E-state index is 0.0275. The number of anilines is 1. The minimum atomic E-state index is -0.910. The first-order valence-electron chi connectivity index (χ1n) is 10.8. The van der Waals surface area contributed by atoms with Crippen LogP contribution in [0.4, 0.5) is 14.9 Å². The number of halogens is 1. The lowest BCUT2D eigenvalue weighted by molar-refractivity contribution is -0.120. The number of pyridine rings is 1. The fourth-order valence-electron chi connectivity index (χ4n) is 3.44. The van der Waals surface area contributed by atoms with Gasteiger partial charge in [0.1, 0.15) is 18.4 Å². The van der Waals surface area contributed by atoms with Crippen molar-refractivity contribution in [3.8, 4) is 17.6 Å². The smallest absolute Gasteiger partial charge is 0.342 e. The molecule has 0 saturated carbocycles. The number of benzene rings is 1. The van der Waals surface area contributed by atoms with Crippen molar-refractivity contribution in [3.63, 3.8) is 0 Å². The predicted molar refractivity (Wildman–Crippen MR) is 124 cm³/mol. The van der Waals surface area contributed by atoms with Gasteiger partial charge in [0.2, 0.25) is 5.95 Å². The highest BCUT2D eigenvalue weighted by atomic mass is 19.1. The zero-order valence-electron chi connectivity index (χ0n) is 19.1. The van der Waals surface area contributed by atoms with Crippen molar-refractivity contribution in [1.29, 1.82) is 0 Å². The zero-order chi connectivity index (χ0) is 24.2. The van der Waals surface area contributed by atoms with E-state index in [1.807, 2.05) is 19.9 Å². The van der Waals surface area contributed by atoms with Crippen molar-refractivity contribution in [1.82, 2.24) is 20.1 Å². The summed E-state index contributed by atoms with van der Waals surface area (Å²) < 4.78 is 20.2. The molecule has 0 spiro atoms. The number of carbonyl (C=O) groups excluding carboxylic acids is 2. The molecule has 1 aliphatic rings. The van der Waals surface area contributed by atoms with Gasteiger partial charge in [0, 0.05) is 36.8 Å². The Balaban J connectivity index is 1.45. The molecule has 8 nitrogen and oxygen atoms in total. The van der Waals surface area contributed by atoms with Crippen molar-refractivity contribution in [2.75, 3.05) is 18.6 Å². The van der Waals surface area contributed by atoms with Gasteiger partial charge in [-0.2, -0.15) is 14.2 Å². The number of hydrogen-bond acceptors (Lipinski definition) is 5. The normalized spacial score (nSPS) is 15.1. The van der Waals surface area contributed by atoms with Crippen LogP contribution < -0.4 is 15.0 Å². The number of amides is 2. The van der Waals surface area contributed by atoms with Crippen LogP contribution in [0.2, 0.25) is 0 Å². The van der Waals surface area contributed by atoms with Gasteiger partial charge in [-0.15, -0.1) is 0 Å². The molecule has 2 amide bonds. The molecular weight excluding hydrogens is 437 g/mol. The van der Waals surface area contributed by atoms with Gasteiger partial charge in [0.15, 0.2) is 0 Å². The lowest BCUT2D eigenvalue weighted by Gasteiger charge is -2.20. The van der Waals surface area contributed by atoms with E-state index in [9.17, 15) is 14.0 Å². The molecule has 4 rings (SSSR count). The maximum atomic E-state index is 13.3. The van der Waals surface area contributed by atoms with Gasteiger partial charge in [0.25, 0.3) is 5.91 Å². The predicted octanol–water partition coefficient (Wildman–Crippen LogP) is 3.00. The summed E-state index contributed by atoms with van der Waals surface area (Å²) in [5.74, 6) is 6.05. The van der Waals surface area contributed by atoms with Crippen LogP contribution in [-0.2, 0) is 11.2 Å². The van der Waals surface area contributed by atoms with E-state index in [4.69, 9.17) is 4.74 Å². The molecule has 1 aromatic carbocycles. The Bertz CT molecular complexity index is 1290. The number of aromatic nitrogens is 3. The average molecular weight is 461 g/mol. The maximum Gasteiger partial charge on any atom is 0.342 e. The molecule has 174 valence electrons. The number of likely N-dealkylation sites (N-methyl/N-ethyl adjacent to an activating group) is 1. The topological polar surface area (TPSA) is 89.4 Å². The molecule has 0 radical (unpaired) electrons. The molecule has 2 aromatic heterocycles. The van der Waals surface area contributed by atoms with Gasteiger partial charge in [-0.1, -0.05) is 31.8 Å². The molecule has 1 N–H and O–H groups in total. The van der Waals surface area contributed by atoms with E-state index in [1.54, 1.807) is 31.3 Å². The molecule has 3 heterocycles. The number of fused-ring (bicyclic) bond motifs is 1. The second-order valence-electron chi connectivity index (χ2n) is 8.24. The third kappa shape index (κ3) is 5.23. The van der Waals surface area contributed by atoms with Crippen molar-refractivity contribution in [2.24, 2.45) is 5.92 Å². The lowest BCUT2D eigenvalue weighted by Crippen LogP contribution is -2.50. The maximum absolute atomic E-state index is 13.3. The van der Waals surface area contributed by atoms with Gasteiger partial charge < -0.3 is 15.0 Å². The number of rotatable bonds is 3. The zero-order valence-corrected chi connectivity index (χ0v) is 19.1. The second-order valence-corrected chi connectivity index (χ2v) is 8.24. The Morgan fingerprint density at radius 3 is 2.91 bits per heavy atom. The van der Waals surface area contributed by atoms with Gasteiger partial charge >= 0.3 is 6.03 Å². The molecule has 9 heteroatoms. The Morgan fingerprint density at radius 1 is 1.32 bits per heavy atom. The van der Waals surface area contributed by atoms with Crippen LogP contribution >= 0.6 is 0 Å². The van der Waals surface area contributed by atoms with Crippen LogP contribution in [0.15, 0.2) is 48.8 Å². The van der Waals surface area contributed by atoms with Crippen LogP contribution in [0, 0.1) is 23.7 Å². The SMILES string of the molecule is CC(C)C#Cc1ccc2c(c1)N(C)C(=O)C(NC(=O)n1cc(Cc3cccc(F)n3)cn1)CO2. The quantitative estimate of drug-likeness (QED) is 0.479. The van der Waals surface area contributed by atoms with E-state index in [0.29, 0.717) is 29.1 Å². The summed E-state index contributed by atoms with van der Waals surface area (Å²) in [5, 5.41) is 6.73. The summed E-state index contributed by atoms with van der Waals surface area (Å²) in [5.41, 5.74) is 2.55. The Labute approximate surface area is 196 Å². The first kappa shape index (κ1) is 23.0. The van der Waals surface area contributed by atoms with E-state index < -0.39 is 18.0 Å². The molecule has 1 atom stereocenters. The Kier molecular flexibility index (Phi) is 6.59. The van der Waals surface area contributed by atoms with Gasteiger partial charge in [-0.05, 0) is 35.9 Å². The van der Waals surface area contributed by atoms with Crippen molar-refractivity contribution >= 4 is 17.6 Å². The second kappa shape index (κ2) is 9.75. The number of carbonyl (C=O) groups is 2. The standard InChI is InChI=1S/C25H24FN5O3/c1-16(2)7-8-17-9-10-22-21(12-17)30(3)24(32)20(15-34-22)29-25(33)31-14-18(13-27-31)11-19-5-4-6-23(26)28-19/h4-6,9-10,12-14,16,20H,11,15H2,1-3H3,(H,29,33). The molecule has 1 aliphatic heterocycles. The summed E-state index contributed by atoms with van der Waals surface area (Å²) in [6.07, 6.45) is 3.33. The highest BCUT2D eigenvalue weighted by Gasteiger charge is 2.31. The average Bonchev–Trinajstić information content (AvgIpc) is 3.24. The summed E-state index contributed by atoms with van der Waals surface area (Å²) in [6, 6.07) is 8.44. The van der Waals surface area contributed by atoms with E-state index >= 15 is 0 Å². The van der Waals surface area contributed by atoms with Gasteiger partial charge in [-0.3, -0.25) is 4.79 Å². The Morgan fingerprint density at radius 2 is 2.15 bits per heavy atom. The van der Waals surface area contributed by atoms with Crippen LogP contribution in [0.3, 0.4) is 0 Å². The first-order chi connectivity index (χ1) is 16.3. The van der Waals surface area contributed by atoms with E-state index in [1.165, 1.54) is 23.4 Å². The largest absolute Gasteiger partial charge is 0.489 e. The molecule has 34 heavy (non-hydrogen) atoms.